The molecule has 2 aromatic rings. The van der Waals surface area contributed by atoms with Crippen molar-refractivity contribution in [3.8, 4) is 0 Å². The standard InChI is InChI=1S/C23H32N6O/c1-2-24-22(27-17-12-20(13-18-27)19-9-4-3-5-10-19)25-14-8-16-29-23(30)28-15-7-6-11-21(28)26-29/h3-5,9-10,12H,2,6-8,11,13-18H2,1H3,(H,24,25). The lowest BCUT2D eigenvalue weighted by Crippen LogP contribution is -2.43. The number of hydrogen-bond donors (Lipinski definition) is 1. The smallest absolute Gasteiger partial charge is 0.345 e. The first-order chi connectivity index (χ1) is 14.8. The van der Waals surface area contributed by atoms with Gasteiger partial charge in [-0.05, 0) is 43.7 Å². The number of benzene rings is 1. The van der Waals surface area contributed by atoms with Crippen LogP contribution in [-0.2, 0) is 19.5 Å². The molecule has 0 unspecified atom stereocenters. The summed E-state index contributed by atoms with van der Waals surface area (Å²) in [6.07, 6.45) is 7.25. The molecule has 7 heteroatoms. The van der Waals surface area contributed by atoms with Gasteiger partial charge in [0.2, 0.25) is 0 Å². The maximum atomic E-state index is 12.4. The maximum Gasteiger partial charge on any atom is 0.345 e. The normalized spacial score (nSPS) is 16.9. The number of rotatable bonds is 6. The van der Waals surface area contributed by atoms with Crippen molar-refractivity contribution in [2.75, 3.05) is 26.2 Å². The summed E-state index contributed by atoms with van der Waals surface area (Å²) in [6.45, 7) is 6.88. The van der Waals surface area contributed by atoms with E-state index in [4.69, 9.17) is 4.99 Å². The van der Waals surface area contributed by atoms with Crippen molar-refractivity contribution in [2.24, 2.45) is 4.99 Å². The molecule has 2 aliphatic heterocycles. The molecule has 2 aliphatic rings. The average molecular weight is 409 g/mol. The number of nitrogens with zero attached hydrogens (tertiary/aromatic N) is 5. The van der Waals surface area contributed by atoms with Crippen molar-refractivity contribution < 1.29 is 0 Å². The minimum atomic E-state index is 0.0372. The summed E-state index contributed by atoms with van der Waals surface area (Å²) in [6, 6.07) is 10.6. The molecule has 160 valence electrons. The molecule has 30 heavy (non-hydrogen) atoms. The number of fused-ring (bicyclic) bond motifs is 1. The third kappa shape index (κ3) is 4.66. The summed E-state index contributed by atoms with van der Waals surface area (Å²) in [5.74, 6) is 1.90. The van der Waals surface area contributed by atoms with Crippen LogP contribution in [-0.4, -0.2) is 51.4 Å². The van der Waals surface area contributed by atoms with E-state index in [1.54, 1.807) is 4.68 Å². The number of nitrogens with one attached hydrogen (secondary N) is 1. The summed E-state index contributed by atoms with van der Waals surface area (Å²) < 4.78 is 3.46. The molecule has 0 aliphatic carbocycles. The zero-order valence-corrected chi connectivity index (χ0v) is 17.9. The number of aliphatic imine (C=N–C) groups is 1. The molecule has 1 aromatic carbocycles. The molecule has 0 saturated carbocycles. The van der Waals surface area contributed by atoms with Gasteiger partial charge in [0.25, 0.3) is 0 Å². The molecule has 0 amide bonds. The van der Waals surface area contributed by atoms with E-state index in [1.807, 2.05) is 4.57 Å². The van der Waals surface area contributed by atoms with Crippen LogP contribution in [0.25, 0.3) is 5.57 Å². The Hall–Kier alpha value is -2.83. The van der Waals surface area contributed by atoms with Crippen molar-refractivity contribution in [2.45, 2.75) is 52.1 Å². The average Bonchev–Trinajstić information content (AvgIpc) is 3.12. The van der Waals surface area contributed by atoms with E-state index in [1.165, 1.54) is 11.1 Å². The van der Waals surface area contributed by atoms with E-state index >= 15 is 0 Å². The third-order valence-corrected chi connectivity index (χ3v) is 5.81. The van der Waals surface area contributed by atoms with Gasteiger partial charge >= 0.3 is 5.69 Å². The molecule has 0 radical (unpaired) electrons. The number of hydrogen-bond acceptors (Lipinski definition) is 3. The highest BCUT2D eigenvalue weighted by atomic mass is 16.2. The Bertz CT molecular complexity index is 956. The number of aromatic nitrogens is 3. The highest BCUT2D eigenvalue weighted by molar-refractivity contribution is 5.81. The second-order valence-corrected chi connectivity index (χ2v) is 7.91. The van der Waals surface area contributed by atoms with Crippen molar-refractivity contribution in [3.05, 3.63) is 58.3 Å². The second kappa shape index (κ2) is 9.78. The fraction of sp³-hybridized carbons (Fsp3) is 0.522. The zero-order chi connectivity index (χ0) is 20.8. The van der Waals surface area contributed by atoms with Crippen LogP contribution in [0.4, 0.5) is 0 Å². The fourth-order valence-corrected chi connectivity index (χ4v) is 4.20. The Morgan fingerprint density at radius 2 is 2.03 bits per heavy atom. The predicted octanol–water partition coefficient (Wildman–Crippen LogP) is 2.53. The molecule has 3 heterocycles. The predicted molar refractivity (Wildman–Crippen MR) is 121 cm³/mol. The Morgan fingerprint density at radius 1 is 1.17 bits per heavy atom. The lowest BCUT2D eigenvalue weighted by Gasteiger charge is -2.30. The van der Waals surface area contributed by atoms with E-state index in [0.717, 1.165) is 70.1 Å². The van der Waals surface area contributed by atoms with Gasteiger partial charge in [-0.2, -0.15) is 5.10 Å². The van der Waals surface area contributed by atoms with E-state index in [2.05, 4.69) is 58.6 Å². The minimum Gasteiger partial charge on any atom is -0.357 e. The topological polar surface area (TPSA) is 67.5 Å². The first-order valence-electron chi connectivity index (χ1n) is 11.2. The van der Waals surface area contributed by atoms with Crippen LogP contribution >= 0.6 is 0 Å². The van der Waals surface area contributed by atoms with E-state index < -0.39 is 0 Å². The van der Waals surface area contributed by atoms with E-state index in [-0.39, 0.29) is 5.69 Å². The van der Waals surface area contributed by atoms with Gasteiger partial charge in [0.1, 0.15) is 5.82 Å². The Kier molecular flexibility index (Phi) is 6.67. The molecule has 1 aromatic heterocycles. The molecule has 0 spiro atoms. The van der Waals surface area contributed by atoms with Crippen LogP contribution in [0.3, 0.4) is 0 Å². The molecule has 4 rings (SSSR count). The summed E-state index contributed by atoms with van der Waals surface area (Å²) in [7, 11) is 0. The Balaban J connectivity index is 1.34. The zero-order valence-electron chi connectivity index (χ0n) is 17.9. The van der Waals surface area contributed by atoms with Gasteiger partial charge in [-0.3, -0.25) is 9.56 Å². The molecule has 7 nitrogen and oxygen atoms in total. The van der Waals surface area contributed by atoms with Gasteiger partial charge < -0.3 is 10.2 Å². The SMILES string of the molecule is CCNC(=NCCCn1nc2n(c1=O)CCCC2)N1CC=C(c2ccccc2)CC1. The number of aryl methyl sites for hydroxylation is 2. The Labute approximate surface area is 178 Å². The summed E-state index contributed by atoms with van der Waals surface area (Å²) >= 11 is 0. The molecule has 0 saturated heterocycles. The molecular formula is C23H32N6O. The lowest BCUT2D eigenvalue weighted by atomic mass is 10.00. The second-order valence-electron chi connectivity index (χ2n) is 7.91. The van der Waals surface area contributed by atoms with Crippen LogP contribution in [0.5, 0.6) is 0 Å². The van der Waals surface area contributed by atoms with Crippen LogP contribution in [0, 0.1) is 0 Å². The monoisotopic (exact) mass is 408 g/mol. The summed E-state index contributed by atoms with van der Waals surface area (Å²) in [5, 5.41) is 7.93. The van der Waals surface area contributed by atoms with Crippen molar-refractivity contribution in [1.82, 2.24) is 24.6 Å². The lowest BCUT2D eigenvalue weighted by molar-refractivity contribution is 0.438. The summed E-state index contributed by atoms with van der Waals surface area (Å²) in [5.41, 5.74) is 2.76. The van der Waals surface area contributed by atoms with Crippen LogP contribution in [0.1, 0.15) is 44.0 Å². The molecular weight excluding hydrogens is 376 g/mol. The molecule has 0 fully saturated rings. The van der Waals surface area contributed by atoms with Crippen molar-refractivity contribution in [3.63, 3.8) is 0 Å². The number of guanidine groups is 1. The highest BCUT2D eigenvalue weighted by Crippen LogP contribution is 2.22. The van der Waals surface area contributed by atoms with E-state index in [9.17, 15) is 4.79 Å². The van der Waals surface area contributed by atoms with Crippen molar-refractivity contribution >= 4 is 11.5 Å². The van der Waals surface area contributed by atoms with E-state index in [0.29, 0.717) is 13.1 Å². The maximum absolute atomic E-state index is 12.4. The van der Waals surface area contributed by atoms with Gasteiger partial charge in [-0.15, -0.1) is 0 Å². The fourth-order valence-electron chi connectivity index (χ4n) is 4.20. The first kappa shape index (κ1) is 20.4. The highest BCUT2D eigenvalue weighted by Gasteiger charge is 2.17. The van der Waals surface area contributed by atoms with Gasteiger partial charge in [-0.1, -0.05) is 36.4 Å². The molecule has 0 bridgehead atoms. The van der Waals surface area contributed by atoms with Gasteiger partial charge in [0.05, 0.1) is 0 Å². The van der Waals surface area contributed by atoms with Gasteiger partial charge in [0, 0.05) is 45.7 Å². The molecule has 0 atom stereocenters. The van der Waals surface area contributed by atoms with Crippen LogP contribution in [0.15, 0.2) is 46.2 Å². The van der Waals surface area contributed by atoms with Gasteiger partial charge in [-0.25, -0.2) is 9.48 Å². The van der Waals surface area contributed by atoms with Gasteiger partial charge in [0.15, 0.2) is 5.96 Å². The minimum absolute atomic E-state index is 0.0372. The Morgan fingerprint density at radius 3 is 2.77 bits per heavy atom. The largest absolute Gasteiger partial charge is 0.357 e. The quantitative estimate of drug-likeness (QED) is 0.453. The first-order valence-corrected chi connectivity index (χ1v) is 11.2. The molecule has 1 N–H and O–H groups in total. The van der Waals surface area contributed by atoms with Crippen molar-refractivity contribution in [1.29, 1.82) is 0 Å². The summed E-state index contributed by atoms with van der Waals surface area (Å²) in [4.78, 5) is 19.6. The van der Waals surface area contributed by atoms with Crippen LogP contribution < -0.4 is 11.0 Å². The van der Waals surface area contributed by atoms with Crippen LogP contribution in [0.2, 0.25) is 0 Å². The third-order valence-electron chi connectivity index (χ3n) is 5.81.